The van der Waals surface area contributed by atoms with Crippen LogP contribution in [0.2, 0.25) is 0 Å². The fourth-order valence-corrected chi connectivity index (χ4v) is 6.31. The minimum Gasteiger partial charge on any atom is -0.450 e. The normalized spacial score (nSPS) is 39.0. The number of ether oxygens (including phenoxy) is 1. The van der Waals surface area contributed by atoms with Gasteiger partial charge in [0.25, 0.3) is 0 Å². The molecule has 0 radical (unpaired) electrons. The van der Waals surface area contributed by atoms with Crippen molar-refractivity contribution in [3.8, 4) is 0 Å². The second-order valence-corrected chi connectivity index (χ2v) is 11.2. The summed E-state index contributed by atoms with van der Waals surface area (Å²) < 4.78 is 7.46. The van der Waals surface area contributed by atoms with Gasteiger partial charge in [-0.3, -0.25) is 4.79 Å². The van der Waals surface area contributed by atoms with E-state index in [4.69, 9.17) is 4.74 Å². The summed E-state index contributed by atoms with van der Waals surface area (Å²) in [6, 6.07) is 3.33. The number of aryl methyl sites for hydroxylation is 1. The Morgan fingerprint density at radius 3 is 2.65 bits per heavy atom. The molecule has 3 aliphatic rings. The lowest BCUT2D eigenvalue weighted by atomic mass is 9.79. The number of carbonyl (C=O) groups excluding carboxylic acids is 2. The predicted octanol–water partition coefficient (Wildman–Crippen LogP) is 2.80. The van der Waals surface area contributed by atoms with E-state index < -0.39 is 36.3 Å². The van der Waals surface area contributed by atoms with Crippen LogP contribution in [0.5, 0.6) is 0 Å². The smallest absolute Gasteiger partial charge is 0.355 e. The van der Waals surface area contributed by atoms with Crippen molar-refractivity contribution < 1.29 is 29.6 Å². The molecule has 0 amide bonds. The Morgan fingerprint density at radius 2 is 2.03 bits per heavy atom. The molecule has 0 aliphatic heterocycles. The zero-order valence-electron chi connectivity index (χ0n) is 20.7. The highest BCUT2D eigenvalue weighted by atomic mass is 16.6. The highest BCUT2D eigenvalue weighted by molar-refractivity contribution is 5.89. The summed E-state index contributed by atoms with van der Waals surface area (Å²) in [6.07, 6.45) is 3.82. The van der Waals surface area contributed by atoms with Crippen molar-refractivity contribution in [3.63, 3.8) is 0 Å². The number of allylic oxidation sites excluding steroid dienone is 2. The van der Waals surface area contributed by atoms with Crippen LogP contribution in [0.15, 0.2) is 41.6 Å². The number of aliphatic hydroxyl groups is 3. The first-order valence-electron chi connectivity index (χ1n) is 12.1. The number of hydrogen-bond acceptors (Lipinski definition) is 6. The molecule has 0 saturated heterocycles. The third-order valence-corrected chi connectivity index (χ3v) is 8.50. The average Bonchev–Trinajstić information content (AvgIpc) is 3.08. The van der Waals surface area contributed by atoms with Gasteiger partial charge in [-0.2, -0.15) is 0 Å². The molecule has 7 atom stereocenters. The molecular formula is C27H37NO6. The van der Waals surface area contributed by atoms with Crippen molar-refractivity contribution in [3.05, 3.63) is 47.3 Å². The summed E-state index contributed by atoms with van der Waals surface area (Å²) >= 11 is 0. The number of rotatable bonds is 3. The fourth-order valence-electron chi connectivity index (χ4n) is 6.31. The van der Waals surface area contributed by atoms with E-state index in [1.165, 1.54) is 0 Å². The number of nitrogens with zero attached hydrogens (tertiary/aromatic N) is 1. The van der Waals surface area contributed by atoms with Gasteiger partial charge in [0, 0.05) is 25.6 Å². The molecule has 0 spiro atoms. The first-order valence-corrected chi connectivity index (χ1v) is 12.1. The molecule has 0 unspecified atom stereocenters. The molecule has 0 aromatic carbocycles. The highest BCUT2D eigenvalue weighted by Gasteiger charge is 2.63. The van der Waals surface area contributed by atoms with Crippen molar-refractivity contribution in [2.24, 2.45) is 36.1 Å². The van der Waals surface area contributed by atoms with E-state index in [0.717, 1.165) is 12.8 Å². The van der Waals surface area contributed by atoms with Gasteiger partial charge in [0.2, 0.25) is 0 Å². The van der Waals surface area contributed by atoms with Crippen LogP contribution < -0.4 is 0 Å². The lowest BCUT2D eigenvalue weighted by molar-refractivity contribution is -0.148. The second-order valence-electron chi connectivity index (χ2n) is 11.2. The van der Waals surface area contributed by atoms with Gasteiger partial charge in [-0.25, -0.2) is 4.79 Å². The standard InChI is InChI=1S/C27H37NO6/c1-15-8-9-16(2)24(34-25(32)20-7-6-10-28(20)5)27(33)13-21(30)18(12-17(14-29)23(27)31)22-19(11-15)26(22,3)4/h6-7,9-10,12,15,18-19,22-24,29,31,33H,8,11,13-14H2,1-5H3/b16-9-/t15-,18+,19+,22-,23+,24-,27-/m0/s1. The first kappa shape index (κ1) is 24.9. The largest absolute Gasteiger partial charge is 0.450 e. The van der Waals surface area contributed by atoms with Gasteiger partial charge in [-0.15, -0.1) is 0 Å². The van der Waals surface area contributed by atoms with Crippen LogP contribution in [-0.2, 0) is 16.6 Å². The molecule has 1 fully saturated rings. The molecule has 1 saturated carbocycles. The summed E-state index contributed by atoms with van der Waals surface area (Å²) in [4.78, 5) is 26.6. The average molecular weight is 472 g/mol. The van der Waals surface area contributed by atoms with Gasteiger partial charge >= 0.3 is 5.97 Å². The zero-order valence-corrected chi connectivity index (χ0v) is 20.7. The predicted molar refractivity (Wildman–Crippen MR) is 127 cm³/mol. The Labute approximate surface area is 201 Å². The number of fused-ring (bicyclic) bond motifs is 5. The van der Waals surface area contributed by atoms with Crippen LogP contribution in [0.3, 0.4) is 0 Å². The van der Waals surface area contributed by atoms with E-state index in [-0.39, 0.29) is 29.1 Å². The molecule has 3 aliphatic carbocycles. The molecule has 3 N–H and O–H groups in total. The van der Waals surface area contributed by atoms with E-state index in [0.29, 0.717) is 23.1 Å². The summed E-state index contributed by atoms with van der Waals surface area (Å²) in [5.74, 6) is -0.610. The number of aliphatic hydroxyl groups excluding tert-OH is 2. The molecule has 2 bridgehead atoms. The van der Waals surface area contributed by atoms with Gasteiger partial charge in [0.15, 0.2) is 6.10 Å². The van der Waals surface area contributed by atoms with Gasteiger partial charge in [-0.05, 0) is 66.2 Å². The summed E-state index contributed by atoms with van der Waals surface area (Å²) in [7, 11) is 1.71. The van der Waals surface area contributed by atoms with Gasteiger partial charge < -0.3 is 24.6 Å². The summed E-state index contributed by atoms with van der Waals surface area (Å²) in [5.41, 5.74) is -1.08. The molecule has 34 heavy (non-hydrogen) atoms. The number of aromatic nitrogens is 1. The maximum atomic E-state index is 13.6. The van der Waals surface area contributed by atoms with Gasteiger partial charge in [-0.1, -0.05) is 32.9 Å². The molecular weight excluding hydrogens is 434 g/mol. The van der Waals surface area contributed by atoms with Crippen molar-refractivity contribution in [2.45, 2.75) is 64.8 Å². The monoisotopic (exact) mass is 471 g/mol. The Balaban J connectivity index is 1.81. The Hall–Kier alpha value is -2.22. The van der Waals surface area contributed by atoms with E-state index in [1.54, 1.807) is 42.9 Å². The van der Waals surface area contributed by atoms with E-state index in [9.17, 15) is 24.9 Å². The molecule has 1 heterocycles. The Bertz CT molecular complexity index is 1040. The third-order valence-electron chi connectivity index (χ3n) is 8.50. The van der Waals surface area contributed by atoms with Crippen molar-refractivity contribution >= 4 is 11.8 Å². The quantitative estimate of drug-likeness (QED) is 0.462. The van der Waals surface area contributed by atoms with Crippen LogP contribution in [0.25, 0.3) is 0 Å². The molecule has 4 rings (SSSR count). The summed E-state index contributed by atoms with van der Waals surface area (Å²) in [6.45, 7) is 7.74. The Kier molecular flexibility index (Phi) is 6.42. The minimum atomic E-state index is -2.10. The van der Waals surface area contributed by atoms with E-state index in [1.807, 2.05) is 6.08 Å². The second kappa shape index (κ2) is 8.77. The van der Waals surface area contributed by atoms with Crippen LogP contribution in [0.1, 0.15) is 57.4 Å². The number of carbonyl (C=O) groups is 2. The topological polar surface area (TPSA) is 109 Å². The number of hydrogen-bond donors (Lipinski definition) is 3. The van der Waals surface area contributed by atoms with Crippen molar-refractivity contribution in [1.29, 1.82) is 0 Å². The lowest BCUT2D eigenvalue weighted by Crippen LogP contribution is -2.56. The number of ketones is 1. The van der Waals surface area contributed by atoms with Crippen LogP contribution >= 0.6 is 0 Å². The Morgan fingerprint density at radius 1 is 1.32 bits per heavy atom. The lowest BCUT2D eigenvalue weighted by Gasteiger charge is -2.39. The maximum absolute atomic E-state index is 13.6. The van der Waals surface area contributed by atoms with E-state index >= 15 is 0 Å². The van der Waals surface area contributed by atoms with E-state index in [2.05, 4.69) is 20.8 Å². The highest BCUT2D eigenvalue weighted by Crippen LogP contribution is 2.65. The minimum absolute atomic E-state index is 0.0513. The van der Waals surface area contributed by atoms with Crippen molar-refractivity contribution in [2.75, 3.05) is 6.61 Å². The molecule has 1 aromatic heterocycles. The maximum Gasteiger partial charge on any atom is 0.355 e. The molecule has 186 valence electrons. The molecule has 7 nitrogen and oxygen atoms in total. The third kappa shape index (κ3) is 4.08. The number of esters is 1. The van der Waals surface area contributed by atoms with Crippen LogP contribution in [-0.4, -0.2) is 56.1 Å². The molecule has 7 heteroatoms. The summed E-state index contributed by atoms with van der Waals surface area (Å²) in [5, 5.41) is 33.3. The molecule has 1 aromatic rings. The first-order chi connectivity index (χ1) is 15.9. The van der Waals surface area contributed by atoms with Gasteiger partial charge in [0.05, 0.1) is 6.61 Å². The van der Waals surface area contributed by atoms with Crippen molar-refractivity contribution in [1.82, 2.24) is 4.57 Å². The van der Waals surface area contributed by atoms with Crippen LogP contribution in [0.4, 0.5) is 0 Å². The fraction of sp³-hybridized carbons (Fsp3) is 0.630. The number of Topliss-reactive ketones (excluding diaryl/α,β-unsaturated/α-hetero) is 1. The van der Waals surface area contributed by atoms with Gasteiger partial charge in [0.1, 0.15) is 23.2 Å². The van der Waals surface area contributed by atoms with Crippen LogP contribution in [0, 0.1) is 29.1 Å². The zero-order chi connectivity index (χ0) is 25.0. The SMILES string of the molecule is C/C1=C/C[C@H](C)C[C@@H]2[C@H]([C@@H]3C=C(CO)[C@@H](O)[C@@](O)(CC3=O)[C@H]1OC(=O)c1cccn1C)C2(C)C.